The van der Waals surface area contributed by atoms with Crippen LogP contribution in [0, 0.1) is 0 Å². The Kier molecular flexibility index (Phi) is 4.01. The van der Waals surface area contributed by atoms with Crippen LogP contribution in [-0.2, 0) is 11.3 Å². The minimum atomic E-state index is -0.206. The summed E-state index contributed by atoms with van der Waals surface area (Å²) in [5.41, 5.74) is 1.86. The maximum atomic E-state index is 12.5. The highest BCUT2D eigenvalue weighted by atomic mass is 16.2. The molecule has 0 aliphatic rings. The van der Waals surface area contributed by atoms with Gasteiger partial charge in [0.05, 0.1) is 12.6 Å². The largest absolute Gasteiger partial charge is 0.329 e. The lowest BCUT2D eigenvalue weighted by molar-refractivity contribution is -0.108. The molecule has 1 aromatic heterocycles. The molecule has 0 fully saturated rings. The van der Waals surface area contributed by atoms with Crippen molar-refractivity contribution in [2.75, 3.05) is 0 Å². The molecule has 0 spiro atoms. The van der Waals surface area contributed by atoms with Gasteiger partial charge in [-0.2, -0.15) is 0 Å². The average Bonchev–Trinajstić information content (AvgIpc) is 2.92. The first-order chi connectivity index (χ1) is 10.8. The molecule has 0 aliphatic carbocycles. The molecule has 0 N–H and O–H groups in total. The predicted octanol–water partition coefficient (Wildman–Crippen LogP) is 2.49. The monoisotopic (exact) mass is 292 g/mol. The van der Waals surface area contributed by atoms with Gasteiger partial charge in [-0.05, 0) is 11.1 Å². The zero-order valence-corrected chi connectivity index (χ0v) is 12.0. The van der Waals surface area contributed by atoms with Crippen LogP contribution < -0.4 is 5.69 Å². The summed E-state index contributed by atoms with van der Waals surface area (Å²) in [7, 11) is 0. The summed E-state index contributed by atoms with van der Waals surface area (Å²) in [6, 6.07) is 19.5. The van der Waals surface area contributed by atoms with Gasteiger partial charge in [-0.3, -0.25) is 9.13 Å². The van der Waals surface area contributed by atoms with Gasteiger partial charge in [0.1, 0.15) is 6.29 Å². The van der Waals surface area contributed by atoms with Crippen LogP contribution in [0.4, 0.5) is 0 Å². The molecule has 0 atom stereocenters. The van der Waals surface area contributed by atoms with Gasteiger partial charge in [0, 0.05) is 12.4 Å². The van der Waals surface area contributed by atoms with Gasteiger partial charge >= 0.3 is 5.69 Å². The summed E-state index contributed by atoms with van der Waals surface area (Å²) in [6.07, 6.45) is 4.11. The Morgan fingerprint density at radius 2 is 1.41 bits per heavy atom. The number of benzene rings is 2. The number of rotatable bonds is 5. The minimum absolute atomic E-state index is 0.0716. The molecule has 0 bridgehead atoms. The van der Waals surface area contributed by atoms with Crippen LogP contribution in [0.2, 0.25) is 0 Å². The number of carbonyl (C=O) groups excluding carboxylic acids is 1. The number of hydrogen-bond acceptors (Lipinski definition) is 2. The van der Waals surface area contributed by atoms with E-state index in [1.807, 2.05) is 60.7 Å². The maximum absolute atomic E-state index is 12.5. The molecule has 0 amide bonds. The minimum Gasteiger partial charge on any atom is -0.301 e. The van der Waals surface area contributed by atoms with E-state index in [4.69, 9.17) is 0 Å². The van der Waals surface area contributed by atoms with Crippen molar-refractivity contribution >= 4 is 6.29 Å². The Hall–Kier alpha value is -2.88. The molecule has 1 heterocycles. The molecule has 0 saturated heterocycles. The molecule has 22 heavy (non-hydrogen) atoms. The Labute approximate surface area is 128 Å². The zero-order valence-electron chi connectivity index (χ0n) is 12.0. The van der Waals surface area contributed by atoms with E-state index in [0.717, 1.165) is 17.4 Å². The van der Waals surface area contributed by atoms with E-state index < -0.39 is 0 Å². The molecular weight excluding hydrogens is 276 g/mol. The van der Waals surface area contributed by atoms with E-state index in [9.17, 15) is 9.59 Å². The van der Waals surface area contributed by atoms with Crippen molar-refractivity contribution in [1.29, 1.82) is 0 Å². The fraction of sp³-hybridized carbons (Fsp3) is 0.111. The third-order valence-electron chi connectivity index (χ3n) is 3.65. The summed E-state index contributed by atoms with van der Waals surface area (Å²) >= 11 is 0. The lowest BCUT2D eigenvalue weighted by atomic mass is 9.99. The number of carbonyl (C=O) groups is 1. The topological polar surface area (TPSA) is 44.0 Å². The average molecular weight is 292 g/mol. The zero-order chi connectivity index (χ0) is 15.4. The highest BCUT2D eigenvalue weighted by Crippen LogP contribution is 2.25. The highest BCUT2D eigenvalue weighted by molar-refractivity contribution is 5.49. The first-order valence-corrected chi connectivity index (χ1v) is 7.12. The van der Waals surface area contributed by atoms with Crippen molar-refractivity contribution in [3.05, 3.63) is 94.7 Å². The molecule has 110 valence electrons. The van der Waals surface area contributed by atoms with Gasteiger partial charge in [0.2, 0.25) is 0 Å². The number of nitrogens with zero attached hydrogens (tertiary/aromatic N) is 2. The summed E-state index contributed by atoms with van der Waals surface area (Å²) in [4.78, 5) is 23.2. The first-order valence-electron chi connectivity index (χ1n) is 7.12. The van der Waals surface area contributed by atoms with Crippen molar-refractivity contribution in [2.45, 2.75) is 12.6 Å². The molecule has 4 nitrogen and oxygen atoms in total. The Balaban J connectivity index is 2.15. The van der Waals surface area contributed by atoms with Gasteiger partial charge in [-0.15, -0.1) is 0 Å². The van der Waals surface area contributed by atoms with Crippen LogP contribution in [0.5, 0.6) is 0 Å². The first kappa shape index (κ1) is 14.1. The highest BCUT2D eigenvalue weighted by Gasteiger charge is 2.18. The van der Waals surface area contributed by atoms with Gasteiger partial charge in [0.15, 0.2) is 0 Å². The molecule has 0 aliphatic heterocycles. The van der Waals surface area contributed by atoms with Crippen molar-refractivity contribution in [2.24, 2.45) is 0 Å². The van der Waals surface area contributed by atoms with Gasteiger partial charge in [0.25, 0.3) is 0 Å². The molecule has 3 aromatic rings. The van der Waals surface area contributed by atoms with Crippen molar-refractivity contribution < 1.29 is 4.79 Å². The van der Waals surface area contributed by atoms with Gasteiger partial charge < -0.3 is 4.79 Å². The molecule has 4 heteroatoms. The van der Waals surface area contributed by atoms with Crippen LogP contribution >= 0.6 is 0 Å². The molecule has 2 aromatic carbocycles. The molecule has 0 radical (unpaired) electrons. The Morgan fingerprint density at radius 1 is 0.864 bits per heavy atom. The predicted molar refractivity (Wildman–Crippen MR) is 84.9 cm³/mol. The molecule has 0 saturated carbocycles. The van der Waals surface area contributed by atoms with Gasteiger partial charge in [-0.25, -0.2) is 4.79 Å². The molecular formula is C18H16N2O2. The van der Waals surface area contributed by atoms with Crippen LogP contribution in [0.1, 0.15) is 17.2 Å². The number of aldehydes is 1. The van der Waals surface area contributed by atoms with Crippen LogP contribution in [0.3, 0.4) is 0 Å². The normalized spacial score (nSPS) is 10.8. The Bertz CT molecular complexity index is 764. The summed E-state index contributed by atoms with van der Waals surface area (Å²) in [6.45, 7) is 0.0716. The summed E-state index contributed by atoms with van der Waals surface area (Å²) in [5, 5.41) is 0. The number of aromatic nitrogens is 2. The lowest BCUT2D eigenvalue weighted by Gasteiger charge is -2.19. The second-order valence-electron chi connectivity index (χ2n) is 5.03. The van der Waals surface area contributed by atoms with Crippen LogP contribution in [0.15, 0.2) is 77.9 Å². The second-order valence-corrected chi connectivity index (χ2v) is 5.03. The number of imidazole rings is 1. The van der Waals surface area contributed by atoms with E-state index in [2.05, 4.69) is 0 Å². The SMILES string of the molecule is O=CCn1ccn(C(c2ccccc2)c2ccccc2)c1=O. The third kappa shape index (κ3) is 2.63. The lowest BCUT2D eigenvalue weighted by Crippen LogP contribution is -2.28. The molecule has 0 unspecified atom stereocenters. The standard InChI is InChI=1S/C18H16N2O2/c21-14-13-19-11-12-20(18(19)22)17(15-7-3-1-4-8-15)16-9-5-2-6-10-16/h1-12,14,17H,13H2. The second kappa shape index (κ2) is 6.26. The maximum Gasteiger partial charge on any atom is 0.329 e. The van der Waals surface area contributed by atoms with Crippen molar-refractivity contribution in [3.8, 4) is 0 Å². The number of hydrogen-bond donors (Lipinski definition) is 0. The molecule has 3 rings (SSSR count). The fourth-order valence-corrected chi connectivity index (χ4v) is 2.63. The van der Waals surface area contributed by atoms with Gasteiger partial charge in [-0.1, -0.05) is 60.7 Å². The summed E-state index contributed by atoms with van der Waals surface area (Å²) < 4.78 is 3.07. The van der Waals surface area contributed by atoms with E-state index in [1.54, 1.807) is 17.0 Å². The fourth-order valence-electron chi connectivity index (χ4n) is 2.63. The Morgan fingerprint density at radius 3 is 1.91 bits per heavy atom. The van der Waals surface area contributed by atoms with E-state index in [1.165, 1.54) is 4.57 Å². The third-order valence-corrected chi connectivity index (χ3v) is 3.65. The van der Waals surface area contributed by atoms with E-state index in [0.29, 0.717) is 0 Å². The van der Waals surface area contributed by atoms with E-state index >= 15 is 0 Å². The van der Waals surface area contributed by atoms with E-state index in [-0.39, 0.29) is 18.3 Å². The smallest absolute Gasteiger partial charge is 0.301 e. The quantitative estimate of drug-likeness (QED) is 0.678. The van der Waals surface area contributed by atoms with Crippen molar-refractivity contribution in [1.82, 2.24) is 9.13 Å². The summed E-state index contributed by atoms with van der Waals surface area (Å²) in [5.74, 6) is 0. The van der Waals surface area contributed by atoms with Crippen LogP contribution in [-0.4, -0.2) is 15.4 Å². The van der Waals surface area contributed by atoms with Crippen LogP contribution in [0.25, 0.3) is 0 Å². The van der Waals surface area contributed by atoms with Crippen molar-refractivity contribution in [3.63, 3.8) is 0 Å².